The zero-order valence-electron chi connectivity index (χ0n) is 21.7. The van der Waals surface area contributed by atoms with Gasteiger partial charge in [-0.3, -0.25) is 9.59 Å². The maximum atomic E-state index is 13.0. The van der Waals surface area contributed by atoms with E-state index in [-0.39, 0.29) is 11.6 Å². The first-order chi connectivity index (χ1) is 16.5. The van der Waals surface area contributed by atoms with Gasteiger partial charge in [-0.15, -0.1) is 0 Å². The molecule has 184 valence electrons. The number of fused-ring (bicyclic) bond motifs is 3. The van der Waals surface area contributed by atoms with Gasteiger partial charge in [0.2, 0.25) is 0 Å². The van der Waals surface area contributed by atoms with E-state index in [4.69, 9.17) is 0 Å². The molecule has 0 spiro atoms. The normalized spacial score (nSPS) is 11.9. The molecule has 3 rings (SSSR count). The van der Waals surface area contributed by atoms with E-state index in [1.165, 1.54) is 0 Å². The summed E-state index contributed by atoms with van der Waals surface area (Å²) in [4.78, 5) is 30.5. The van der Waals surface area contributed by atoms with Crippen LogP contribution in [0.15, 0.2) is 36.4 Å². The van der Waals surface area contributed by atoms with Gasteiger partial charge in [0, 0.05) is 65.4 Å². The quantitative estimate of drug-likeness (QED) is 0.274. The van der Waals surface area contributed by atoms with Crippen LogP contribution in [0.1, 0.15) is 74.6 Å². The van der Waals surface area contributed by atoms with Crippen molar-refractivity contribution in [2.45, 2.75) is 60.4 Å². The Morgan fingerprint density at radius 1 is 0.676 bits per heavy atom. The fourth-order valence-corrected chi connectivity index (χ4v) is 4.80. The standard InChI is InChI=1S/C29H41N3O2/c1-6-17-32-26-13-11-22(28(33)15-18-30(7-2)8-3)20-24(26)25-21-23(12-14-27(25)32)29(34)16-19-31(9-4)10-5/h11-14,20-21H,6-10,15-19H2,1-5H3. The van der Waals surface area contributed by atoms with E-state index >= 15 is 0 Å². The number of carbonyl (C=O) groups is 2. The monoisotopic (exact) mass is 463 g/mol. The molecule has 34 heavy (non-hydrogen) atoms. The molecule has 0 aliphatic rings. The number of hydrogen-bond donors (Lipinski definition) is 0. The topological polar surface area (TPSA) is 45.6 Å². The Kier molecular flexibility index (Phi) is 9.43. The maximum Gasteiger partial charge on any atom is 0.164 e. The molecule has 3 aromatic rings. The Morgan fingerprint density at radius 3 is 1.44 bits per heavy atom. The van der Waals surface area contributed by atoms with E-state index in [2.05, 4.69) is 61.1 Å². The summed E-state index contributed by atoms with van der Waals surface area (Å²) in [6.45, 7) is 17.0. The summed E-state index contributed by atoms with van der Waals surface area (Å²) < 4.78 is 2.32. The molecule has 0 bridgehead atoms. The second kappa shape index (κ2) is 12.3. The first-order valence-corrected chi connectivity index (χ1v) is 13.0. The van der Waals surface area contributed by atoms with Crippen LogP contribution in [0.25, 0.3) is 21.8 Å². The van der Waals surface area contributed by atoms with Gasteiger partial charge in [0.15, 0.2) is 11.6 Å². The number of rotatable bonds is 14. The van der Waals surface area contributed by atoms with Gasteiger partial charge in [0.1, 0.15) is 0 Å². The van der Waals surface area contributed by atoms with Crippen LogP contribution in [-0.2, 0) is 6.54 Å². The van der Waals surface area contributed by atoms with Gasteiger partial charge in [0.05, 0.1) is 0 Å². The third kappa shape index (κ3) is 5.76. The number of aryl methyl sites for hydroxylation is 1. The average molecular weight is 464 g/mol. The lowest BCUT2D eigenvalue weighted by Crippen LogP contribution is -2.25. The molecule has 1 aromatic heterocycles. The van der Waals surface area contributed by atoms with Crippen LogP contribution in [0.2, 0.25) is 0 Å². The highest BCUT2D eigenvalue weighted by Gasteiger charge is 2.16. The molecular weight excluding hydrogens is 422 g/mol. The maximum absolute atomic E-state index is 13.0. The van der Waals surface area contributed by atoms with Crippen molar-refractivity contribution in [2.24, 2.45) is 0 Å². The van der Waals surface area contributed by atoms with Crippen molar-refractivity contribution in [3.8, 4) is 0 Å². The van der Waals surface area contributed by atoms with Crippen molar-refractivity contribution in [1.82, 2.24) is 14.4 Å². The molecule has 0 atom stereocenters. The zero-order chi connectivity index (χ0) is 24.7. The largest absolute Gasteiger partial charge is 0.340 e. The fraction of sp³-hybridized carbons (Fsp3) is 0.517. The van der Waals surface area contributed by atoms with Gasteiger partial charge in [-0.25, -0.2) is 0 Å². The van der Waals surface area contributed by atoms with Crippen molar-refractivity contribution in [3.05, 3.63) is 47.5 Å². The Morgan fingerprint density at radius 2 is 1.09 bits per heavy atom. The highest BCUT2D eigenvalue weighted by molar-refractivity contribution is 6.13. The highest BCUT2D eigenvalue weighted by atomic mass is 16.1. The smallest absolute Gasteiger partial charge is 0.164 e. The van der Waals surface area contributed by atoms with Gasteiger partial charge in [0.25, 0.3) is 0 Å². The molecule has 0 unspecified atom stereocenters. The summed E-state index contributed by atoms with van der Waals surface area (Å²) in [5, 5.41) is 2.13. The molecule has 1 heterocycles. The van der Waals surface area contributed by atoms with Crippen molar-refractivity contribution < 1.29 is 9.59 Å². The molecule has 5 nitrogen and oxygen atoms in total. The summed E-state index contributed by atoms with van der Waals surface area (Å²) >= 11 is 0. The fourth-order valence-electron chi connectivity index (χ4n) is 4.80. The minimum atomic E-state index is 0.177. The Balaban J connectivity index is 1.96. The summed E-state index contributed by atoms with van der Waals surface area (Å²) in [7, 11) is 0. The van der Waals surface area contributed by atoms with Crippen molar-refractivity contribution in [1.29, 1.82) is 0 Å². The van der Waals surface area contributed by atoms with Crippen molar-refractivity contribution >= 4 is 33.4 Å². The van der Waals surface area contributed by atoms with E-state index in [0.29, 0.717) is 12.8 Å². The minimum absolute atomic E-state index is 0.177. The molecule has 0 aliphatic heterocycles. The molecule has 5 heteroatoms. The second-order valence-electron chi connectivity index (χ2n) is 9.02. The molecule has 0 saturated heterocycles. The molecule has 2 aromatic carbocycles. The summed E-state index contributed by atoms with van der Waals surface area (Å²) in [6, 6.07) is 12.2. The SMILES string of the molecule is CCCn1c2ccc(C(=O)CCN(CC)CC)cc2c2cc(C(=O)CCN(CC)CC)ccc21. The Bertz CT molecular complexity index is 1040. The second-order valence-corrected chi connectivity index (χ2v) is 9.02. The summed E-state index contributed by atoms with van der Waals surface area (Å²) in [5.74, 6) is 0.355. The van der Waals surface area contributed by atoms with Crippen molar-refractivity contribution in [3.63, 3.8) is 0 Å². The van der Waals surface area contributed by atoms with Gasteiger partial charge in [-0.1, -0.05) is 34.6 Å². The van der Waals surface area contributed by atoms with Gasteiger partial charge in [-0.2, -0.15) is 0 Å². The van der Waals surface area contributed by atoms with E-state index in [9.17, 15) is 9.59 Å². The minimum Gasteiger partial charge on any atom is -0.340 e. The molecule has 0 amide bonds. The van der Waals surface area contributed by atoms with Crippen LogP contribution >= 0.6 is 0 Å². The number of hydrogen-bond acceptors (Lipinski definition) is 4. The number of carbonyl (C=O) groups excluding carboxylic acids is 2. The number of nitrogens with zero attached hydrogens (tertiary/aromatic N) is 3. The van der Waals surface area contributed by atoms with E-state index in [1.807, 2.05) is 24.3 Å². The van der Waals surface area contributed by atoms with Crippen LogP contribution in [0.5, 0.6) is 0 Å². The van der Waals surface area contributed by atoms with Crippen LogP contribution in [0.4, 0.5) is 0 Å². The third-order valence-corrected chi connectivity index (χ3v) is 7.06. The number of Topliss-reactive ketones (excluding diaryl/α,β-unsaturated/α-hetero) is 2. The van der Waals surface area contributed by atoms with Gasteiger partial charge >= 0.3 is 0 Å². The molecule has 0 aliphatic carbocycles. The molecule has 0 saturated carbocycles. The Labute approximate surface area is 204 Å². The van der Waals surface area contributed by atoms with E-state index in [0.717, 1.165) is 85.2 Å². The number of aromatic nitrogens is 1. The van der Waals surface area contributed by atoms with Gasteiger partial charge in [-0.05, 0) is 69.0 Å². The van der Waals surface area contributed by atoms with Crippen LogP contribution in [-0.4, -0.2) is 65.2 Å². The first kappa shape index (κ1) is 26.1. The first-order valence-electron chi connectivity index (χ1n) is 13.0. The highest BCUT2D eigenvalue weighted by Crippen LogP contribution is 2.31. The Hall–Kier alpha value is -2.50. The van der Waals surface area contributed by atoms with Crippen LogP contribution in [0, 0.1) is 0 Å². The number of ketones is 2. The lowest BCUT2D eigenvalue weighted by Gasteiger charge is -2.17. The molecule has 0 fully saturated rings. The van der Waals surface area contributed by atoms with E-state index in [1.54, 1.807) is 0 Å². The average Bonchev–Trinajstić information content (AvgIpc) is 3.17. The number of benzene rings is 2. The third-order valence-electron chi connectivity index (χ3n) is 7.06. The summed E-state index contributed by atoms with van der Waals surface area (Å²) in [5.41, 5.74) is 3.77. The van der Waals surface area contributed by atoms with Gasteiger partial charge < -0.3 is 14.4 Å². The predicted octanol–water partition coefficient (Wildman–Crippen LogP) is 6.03. The van der Waals surface area contributed by atoms with Crippen LogP contribution in [0.3, 0.4) is 0 Å². The molecule has 0 radical (unpaired) electrons. The summed E-state index contributed by atoms with van der Waals surface area (Å²) in [6.07, 6.45) is 2.07. The molecular formula is C29H41N3O2. The zero-order valence-corrected chi connectivity index (χ0v) is 21.7. The lowest BCUT2D eigenvalue weighted by atomic mass is 10.0. The van der Waals surface area contributed by atoms with Crippen LogP contribution < -0.4 is 0 Å². The lowest BCUT2D eigenvalue weighted by molar-refractivity contribution is 0.0958. The van der Waals surface area contributed by atoms with Crippen molar-refractivity contribution in [2.75, 3.05) is 39.3 Å². The molecule has 0 N–H and O–H groups in total. The predicted molar refractivity (Wildman–Crippen MR) is 143 cm³/mol. The van der Waals surface area contributed by atoms with E-state index < -0.39 is 0 Å².